The summed E-state index contributed by atoms with van der Waals surface area (Å²) in [5.74, 6) is 0.447. The van der Waals surface area contributed by atoms with E-state index < -0.39 is 17.4 Å². The van der Waals surface area contributed by atoms with Crippen molar-refractivity contribution in [3.05, 3.63) is 46.8 Å². The second kappa shape index (κ2) is 13.8. The molecule has 2 aliphatic heterocycles. The molecule has 3 aliphatic rings. The Morgan fingerprint density at radius 1 is 0.784 bits per heavy atom. The second-order valence-corrected chi connectivity index (χ2v) is 15.2. The normalized spacial score (nSPS) is 19.4. The SMILES string of the molecule is CC(=O)Oc1cc2c(c3c(C)c[nH]c13)C(CCl)CN2C(=O)CCCC1(C(=O)N2CC(CCl)c3c2cc(OC(C)=O)c2[nH]cc(C)c32)CCCCC1. The van der Waals surface area contributed by atoms with Gasteiger partial charge in [0.15, 0.2) is 11.5 Å². The maximum absolute atomic E-state index is 14.9. The lowest BCUT2D eigenvalue weighted by atomic mass is 9.70. The molecule has 0 radical (unpaired) electrons. The summed E-state index contributed by atoms with van der Waals surface area (Å²) >= 11 is 13.1. The van der Waals surface area contributed by atoms with Gasteiger partial charge in [0, 0.05) is 97.7 Å². The Morgan fingerprint density at radius 2 is 1.27 bits per heavy atom. The quantitative estimate of drug-likeness (QED) is 0.101. The number of hydrogen-bond acceptors (Lipinski definition) is 6. The number of hydrogen-bond donors (Lipinski definition) is 2. The van der Waals surface area contributed by atoms with Crippen LogP contribution in [0.2, 0.25) is 0 Å². The summed E-state index contributed by atoms with van der Waals surface area (Å²) in [7, 11) is 0. The molecular formula is C39H44Cl2N4O6. The van der Waals surface area contributed by atoms with Crippen LogP contribution in [0.4, 0.5) is 11.4 Å². The molecule has 2 atom stereocenters. The molecule has 4 aromatic rings. The highest BCUT2D eigenvalue weighted by molar-refractivity contribution is 6.19. The van der Waals surface area contributed by atoms with E-state index in [4.69, 9.17) is 32.7 Å². The number of alkyl halides is 2. The van der Waals surface area contributed by atoms with Gasteiger partial charge in [0.1, 0.15) is 0 Å². The van der Waals surface area contributed by atoms with Crippen molar-refractivity contribution in [2.24, 2.45) is 5.41 Å². The molecule has 2 aromatic heterocycles. The van der Waals surface area contributed by atoms with Gasteiger partial charge in [-0.15, -0.1) is 23.2 Å². The molecule has 270 valence electrons. The number of benzene rings is 2. The van der Waals surface area contributed by atoms with Gasteiger partial charge >= 0.3 is 11.9 Å². The Hall–Kier alpha value is -4.02. The number of aromatic amines is 2. The van der Waals surface area contributed by atoms with E-state index in [2.05, 4.69) is 9.97 Å². The summed E-state index contributed by atoms with van der Waals surface area (Å²) in [5, 5.41) is 1.87. The molecular weight excluding hydrogens is 691 g/mol. The molecule has 2 aromatic carbocycles. The molecule has 0 spiro atoms. The zero-order chi connectivity index (χ0) is 36.2. The third-order valence-corrected chi connectivity index (χ3v) is 12.0. The second-order valence-electron chi connectivity index (χ2n) is 14.6. The largest absolute Gasteiger partial charge is 0.424 e. The number of H-pyrrole nitrogens is 2. The molecule has 2 unspecified atom stereocenters. The minimum Gasteiger partial charge on any atom is -0.424 e. The number of fused-ring (bicyclic) bond motifs is 6. The van der Waals surface area contributed by atoms with Crippen molar-refractivity contribution in [1.82, 2.24) is 9.97 Å². The first-order chi connectivity index (χ1) is 24.5. The lowest BCUT2D eigenvalue weighted by molar-refractivity contribution is -0.132. The van der Waals surface area contributed by atoms with Gasteiger partial charge in [0.25, 0.3) is 0 Å². The highest BCUT2D eigenvalue weighted by atomic mass is 35.5. The van der Waals surface area contributed by atoms with Crippen LogP contribution in [0.1, 0.15) is 99.3 Å². The predicted molar refractivity (Wildman–Crippen MR) is 200 cm³/mol. The number of amides is 2. The highest BCUT2D eigenvalue weighted by Gasteiger charge is 2.46. The third-order valence-electron chi connectivity index (χ3n) is 11.2. The van der Waals surface area contributed by atoms with Gasteiger partial charge in [-0.05, 0) is 61.8 Å². The maximum atomic E-state index is 14.9. The van der Waals surface area contributed by atoms with Crippen LogP contribution in [-0.2, 0) is 19.2 Å². The van der Waals surface area contributed by atoms with Crippen molar-refractivity contribution in [2.45, 2.75) is 90.9 Å². The van der Waals surface area contributed by atoms with E-state index in [-0.39, 0.29) is 30.1 Å². The van der Waals surface area contributed by atoms with Crippen LogP contribution in [0.5, 0.6) is 11.5 Å². The van der Waals surface area contributed by atoms with Crippen LogP contribution in [0.15, 0.2) is 24.5 Å². The number of carbonyl (C=O) groups excluding carboxylic acids is 4. The first-order valence-corrected chi connectivity index (χ1v) is 18.9. The monoisotopic (exact) mass is 734 g/mol. The number of ether oxygens (including phenoxy) is 2. The van der Waals surface area contributed by atoms with Crippen molar-refractivity contribution >= 4 is 80.1 Å². The summed E-state index contributed by atoms with van der Waals surface area (Å²) < 4.78 is 11.2. The van der Waals surface area contributed by atoms with Crippen LogP contribution < -0.4 is 19.3 Å². The van der Waals surface area contributed by atoms with Crippen LogP contribution in [-0.4, -0.2) is 58.6 Å². The van der Waals surface area contributed by atoms with E-state index in [0.717, 1.165) is 87.5 Å². The molecule has 1 aliphatic carbocycles. The van der Waals surface area contributed by atoms with Crippen LogP contribution in [0, 0.1) is 19.3 Å². The minimum atomic E-state index is -0.626. The molecule has 0 saturated heterocycles. The number of halogens is 2. The highest BCUT2D eigenvalue weighted by Crippen LogP contribution is 2.51. The predicted octanol–water partition coefficient (Wildman–Crippen LogP) is 8.28. The van der Waals surface area contributed by atoms with Gasteiger partial charge in [-0.3, -0.25) is 19.2 Å². The number of nitrogens with one attached hydrogen (secondary N) is 2. The summed E-state index contributed by atoms with van der Waals surface area (Å²) in [4.78, 5) is 63.2. The Balaban J connectivity index is 1.16. The molecule has 0 bridgehead atoms. The van der Waals surface area contributed by atoms with Crippen molar-refractivity contribution in [2.75, 3.05) is 34.6 Å². The lowest BCUT2D eigenvalue weighted by Gasteiger charge is -2.39. The van der Waals surface area contributed by atoms with Crippen LogP contribution >= 0.6 is 23.2 Å². The fourth-order valence-corrected chi connectivity index (χ4v) is 9.48. The zero-order valence-corrected chi connectivity index (χ0v) is 31.1. The number of esters is 2. The smallest absolute Gasteiger partial charge is 0.308 e. The number of aryl methyl sites for hydroxylation is 2. The first kappa shape index (κ1) is 35.4. The number of carbonyl (C=O) groups is 4. The van der Waals surface area contributed by atoms with E-state index in [1.807, 2.05) is 37.2 Å². The van der Waals surface area contributed by atoms with E-state index in [1.165, 1.54) is 13.8 Å². The van der Waals surface area contributed by atoms with Crippen molar-refractivity contribution < 1.29 is 28.7 Å². The Kier molecular flexibility index (Phi) is 9.60. The lowest BCUT2D eigenvalue weighted by Crippen LogP contribution is -2.45. The van der Waals surface area contributed by atoms with E-state index in [0.29, 0.717) is 49.2 Å². The molecule has 2 N–H and O–H groups in total. The molecule has 10 nitrogen and oxygen atoms in total. The minimum absolute atomic E-state index is 0.0475. The summed E-state index contributed by atoms with van der Waals surface area (Å²) in [5.41, 5.74) is 6.26. The third kappa shape index (κ3) is 6.08. The maximum Gasteiger partial charge on any atom is 0.308 e. The topological polar surface area (TPSA) is 125 Å². The van der Waals surface area contributed by atoms with E-state index >= 15 is 0 Å². The molecule has 1 saturated carbocycles. The molecule has 4 heterocycles. The Bertz CT molecular complexity index is 2060. The zero-order valence-electron chi connectivity index (χ0n) is 29.5. The van der Waals surface area contributed by atoms with Gasteiger partial charge in [-0.1, -0.05) is 19.3 Å². The van der Waals surface area contributed by atoms with Gasteiger partial charge < -0.3 is 29.2 Å². The van der Waals surface area contributed by atoms with Crippen molar-refractivity contribution in [1.29, 1.82) is 0 Å². The number of anilines is 2. The van der Waals surface area contributed by atoms with Crippen LogP contribution in [0.3, 0.4) is 0 Å². The molecule has 1 fully saturated rings. The summed E-state index contributed by atoms with van der Waals surface area (Å²) in [6, 6.07) is 3.59. The first-order valence-electron chi connectivity index (χ1n) is 17.9. The average Bonchev–Trinajstić information content (AvgIpc) is 3.87. The molecule has 7 rings (SSSR count). The van der Waals surface area contributed by atoms with Crippen molar-refractivity contribution in [3.63, 3.8) is 0 Å². The number of aromatic nitrogens is 2. The van der Waals surface area contributed by atoms with Gasteiger partial charge in [-0.25, -0.2) is 0 Å². The van der Waals surface area contributed by atoms with Gasteiger partial charge in [0.05, 0.1) is 22.4 Å². The van der Waals surface area contributed by atoms with Crippen LogP contribution in [0.25, 0.3) is 21.8 Å². The Morgan fingerprint density at radius 3 is 1.76 bits per heavy atom. The fraction of sp³-hybridized carbons (Fsp3) is 0.487. The van der Waals surface area contributed by atoms with E-state index in [1.54, 1.807) is 11.0 Å². The van der Waals surface area contributed by atoms with Gasteiger partial charge in [-0.2, -0.15) is 0 Å². The van der Waals surface area contributed by atoms with E-state index in [9.17, 15) is 19.2 Å². The molecule has 12 heteroatoms. The standard InChI is InChI=1S/C39H44Cl2N4O6/c1-21-17-42-36-29(50-23(3)46)13-27-34(32(21)36)25(15-40)19-44(27)31(48)9-8-12-39(10-6-5-7-11-39)38(49)45-20-26(16-41)35-28(45)14-30(51-24(4)47)37-33(35)22(2)18-43-37/h13-14,17-18,25-26,42-43H,5-12,15-16,19-20H2,1-4H3. The fourth-order valence-electron chi connectivity index (χ4n) is 8.97. The average molecular weight is 736 g/mol. The molecule has 51 heavy (non-hydrogen) atoms. The van der Waals surface area contributed by atoms with Crippen molar-refractivity contribution in [3.8, 4) is 11.5 Å². The Labute approximate surface area is 307 Å². The number of rotatable bonds is 9. The molecule has 2 amide bonds. The summed E-state index contributed by atoms with van der Waals surface area (Å²) in [6.07, 6.45) is 9.58. The van der Waals surface area contributed by atoms with Gasteiger partial charge in [0.2, 0.25) is 11.8 Å². The summed E-state index contributed by atoms with van der Waals surface area (Å²) in [6.45, 7) is 7.60. The number of nitrogens with zero attached hydrogens (tertiary/aromatic N) is 2.